The lowest BCUT2D eigenvalue weighted by atomic mass is 10.0. The first kappa shape index (κ1) is 22.7. The van der Waals surface area contributed by atoms with Gasteiger partial charge >= 0.3 is 5.97 Å². The molecule has 5 rings (SSSR count). The van der Waals surface area contributed by atoms with Crippen LogP contribution >= 0.6 is 11.6 Å². The highest BCUT2D eigenvalue weighted by atomic mass is 35.5. The highest BCUT2D eigenvalue weighted by molar-refractivity contribution is 6.31. The minimum Gasteiger partial charge on any atom is -0.488 e. The molecule has 3 aromatic carbocycles. The van der Waals surface area contributed by atoms with Gasteiger partial charge in [-0.15, -0.1) is 0 Å². The first-order chi connectivity index (χ1) is 16.9. The summed E-state index contributed by atoms with van der Waals surface area (Å²) in [5.41, 5.74) is 4.63. The number of ether oxygens (including phenoxy) is 1. The molecule has 1 N–H and O–H groups in total. The molecule has 4 aromatic rings. The van der Waals surface area contributed by atoms with Crippen molar-refractivity contribution >= 4 is 23.5 Å². The number of aryl methyl sites for hydroxylation is 1. The molecule has 0 fully saturated rings. The number of carbonyl (C=O) groups excluding carboxylic acids is 1. The molecule has 0 unspecified atom stereocenters. The van der Waals surface area contributed by atoms with Gasteiger partial charge in [0.1, 0.15) is 12.4 Å². The van der Waals surface area contributed by atoms with Crippen molar-refractivity contribution in [3.8, 4) is 17.0 Å². The first-order valence-corrected chi connectivity index (χ1v) is 11.4. The number of carbonyl (C=O) groups is 2. The minimum absolute atomic E-state index is 0.197. The minimum atomic E-state index is -0.991. The smallest absolute Gasteiger partial charge is 0.335 e. The van der Waals surface area contributed by atoms with Crippen LogP contribution in [0.3, 0.4) is 0 Å². The van der Waals surface area contributed by atoms with Crippen molar-refractivity contribution in [3.05, 3.63) is 106 Å². The van der Waals surface area contributed by atoms with Crippen LogP contribution in [-0.2, 0) is 26.7 Å². The zero-order valence-electron chi connectivity index (χ0n) is 18.9. The van der Waals surface area contributed by atoms with Crippen molar-refractivity contribution in [2.75, 3.05) is 0 Å². The fourth-order valence-electron chi connectivity index (χ4n) is 4.30. The molecular weight excluding hydrogens is 466 g/mol. The maximum Gasteiger partial charge on any atom is 0.335 e. The summed E-state index contributed by atoms with van der Waals surface area (Å²) < 4.78 is 7.62. The third kappa shape index (κ3) is 4.50. The number of benzene rings is 3. The van der Waals surface area contributed by atoms with Gasteiger partial charge in [0.05, 0.1) is 11.3 Å². The Morgan fingerprint density at radius 3 is 2.40 bits per heavy atom. The molecule has 0 saturated carbocycles. The average molecular weight is 488 g/mol. The number of carboxylic acid groups (broad SMARTS) is 1. The van der Waals surface area contributed by atoms with Crippen molar-refractivity contribution < 1.29 is 19.4 Å². The van der Waals surface area contributed by atoms with E-state index in [0.717, 1.165) is 22.4 Å². The van der Waals surface area contributed by atoms with Crippen molar-refractivity contribution in [1.82, 2.24) is 14.7 Å². The summed E-state index contributed by atoms with van der Waals surface area (Å²) in [6.45, 7) is 0.891. The van der Waals surface area contributed by atoms with Gasteiger partial charge < -0.3 is 14.7 Å². The number of rotatable bonds is 6. The predicted molar refractivity (Wildman–Crippen MR) is 131 cm³/mol. The van der Waals surface area contributed by atoms with Crippen molar-refractivity contribution in [2.45, 2.75) is 19.7 Å². The van der Waals surface area contributed by atoms with E-state index in [2.05, 4.69) is 5.10 Å². The molecular formula is C27H22ClN3O4. The fourth-order valence-corrected chi connectivity index (χ4v) is 4.47. The molecule has 8 heteroatoms. The molecule has 0 bridgehead atoms. The molecule has 176 valence electrons. The van der Waals surface area contributed by atoms with Gasteiger partial charge in [0, 0.05) is 36.3 Å². The summed E-state index contributed by atoms with van der Waals surface area (Å²) in [5, 5.41) is 14.4. The lowest BCUT2D eigenvalue weighted by Crippen LogP contribution is -2.31. The van der Waals surface area contributed by atoms with E-state index >= 15 is 0 Å². The molecule has 1 aromatic heterocycles. The van der Waals surface area contributed by atoms with Gasteiger partial charge in [-0.05, 0) is 41.5 Å². The average Bonchev–Trinajstić information content (AvgIpc) is 3.21. The monoisotopic (exact) mass is 487 g/mol. The number of fused-ring (bicyclic) bond motifs is 3. The number of halogens is 1. The summed E-state index contributed by atoms with van der Waals surface area (Å²) in [6, 6.07) is 21.6. The van der Waals surface area contributed by atoms with Crippen LogP contribution in [0.15, 0.2) is 72.8 Å². The van der Waals surface area contributed by atoms with E-state index in [9.17, 15) is 14.7 Å². The normalized spacial score (nSPS) is 11.8. The van der Waals surface area contributed by atoms with Crippen LogP contribution in [0.2, 0.25) is 5.02 Å². The van der Waals surface area contributed by atoms with E-state index in [1.54, 1.807) is 47.0 Å². The van der Waals surface area contributed by atoms with Gasteiger partial charge in [-0.1, -0.05) is 54.1 Å². The van der Waals surface area contributed by atoms with E-state index < -0.39 is 5.97 Å². The number of nitrogens with zero attached hydrogens (tertiary/aromatic N) is 3. The van der Waals surface area contributed by atoms with Crippen molar-refractivity contribution in [3.63, 3.8) is 0 Å². The first-order valence-electron chi connectivity index (χ1n) is 11.0. The largest absolute Gasteiger partial charge is 0.488 e. The van der Waals surface area contributed by atoms with Crippen LogP contribution in [0.25, 0.3) is 11.3 Å². The molecule has 0 spiro atoms. The number of carboxylic acids is 1. The topological polar surface area (TPSA) is 84.7 Å². The van der Waals surface area contributed by atoms with Crippen LogP contribution in [0.1, 0.15) is 37.5 Å². The fraction of sp³-hybridized carbons (Fsp3) is 0.148. The van der Waals surface area contributed by atoms with Gasteiger partial charge in [-0.3, -0.25) is 9.48 Å². The molecule has 1 amide bonds. The third-order valence-electron chi connectivity index (χ3n) is 5.99. The summed E-state index contributed by atoms with van der Waals surface area (Å²) in [4.78, 5) is 26.8. The quantitative estimate of drug-likeness (QED) is 0.405. The Bertz CT molecular complexity index is 1410. The summed E-state index contributed by atoms with van der Waals surface area (Å²) >= 11 is 6.23. The zero-order chi connectivity index (χ0) is 24.5. The van der Waals surface area contributed by atoms with Crippen LogP contribution in [0, 0.1) is 0 Å². The van der Waals surface area contributed by atoms with E-state index in [-0.39, 0.29) is 18.1 Å². The lowest BCUT2D eigenvalue weighted by molar-refractivity contribution is 0.0692. The molecule has 2 heterocycles. The van der Waals surface area contributed by atoms with Crippen LogP contribution in [-0.4, -0.2) is 31.7 Å². The van der Waals surface area contributed by atoms with E-state index in [1.165, 1.54) is 0 Å². The maximum absolute atomic E-state index is 13.9. The highest BCUT2D eigenvalue weighted by Crippen LogP contribution is 2.40. The molecule has 0 radical (unpaired) electrons. The Kier molecular flexibility index (Phi) is 6.01. The Morgan fingerprint density at radius 2 is 1.71 bits per heavy atom. The Labute approximate surface area is 207 Å². The van der Waals surface area contributed by atoms with Gasteiger partial charge in [-0.2, -0.15) is 5.10 Å². The van der Waals surface area contributed by atoms with E-state index in [1.807, 2.05) is 42.5 Å². The number of aromatic nitrogens is 2. The molecule has 7 nitrogen and oxygen atoms in total. The highest BCUT2D eigenvalue weighted by Gasteiger charge is 2.31. The van der Waals surface area contributed by atoms with Crippen molar-refractivity contribution in [2.24, 2.45) is 7.05 Å². The maximum atomic E-state index is 13.9. The summed E-state index contributed by atoms with van der Waals surface area (Å²) in [7, 11) is 1.80. The molecule has 1 aliphatic heterocycles. The number of amides is 1. The van der Waals surface area contributed by atoms with Crippen LogP contribution in [0.5, 0.6) is 5.75 Å². The van der Waals surface area contributed by atoms with Crippen LogP contribution in [0.4, 0.5) is 0 Å². The van der Waals surface area contributed by atoms with E-state index in [4.69, 9.17) is 16.3 Å². The zero-order valence-corrected chi connectivity index (χ0v) is 19.7. The number of hydrogen-bond donors (Lipinski definition) is 1. The predicted octanol–water partition coefficient (Wildman–Crippen LogP) is 5.17. The van der Waals surface area contributed by atoms with Gasteiger partial charge in [-0.25, -0.2) is 4.79 Å². The van der Waals surface area contributed by atoms with Gasteiger partial charge in [0.25, 0.3) is 5.91 Å². The van der Waals surface area contributed by atoms with Crippen LogP contribution < -0.4 is 4.74 Å². The molecule has 35 heavy (non-hydrogen) atoms. The Hall–Kier alpha value is -4.10. The number of aromatic carboxylic acids is 1. The Balaban J connectivity index is 1.51. The lowest BCUT2D eigenvalue weighted by Gasteiger charge is -2.24. The third-order valence-corrected chi connectivity index (χ3v) is 6.23. The van der Waals surface area contributed by atoms with E-state index in [0.29, 0.717) is 35.1 Å². The van der Waals surface area contributed by atoms with Gasteiger partial charge in [0.2, 0.25) is 0 Å². The SMILES string of the molecule is Cn1nc(C(=O)N(Cc2ccccc2)Cc2ccc(C(=O)O)cc2)c2c1-c1cc(Cl)ccc1OC2. The summed E-state index contributed by atoms with van der Waals surface area (Å²) in [6.07, 6.45) is 0. The number of hydrogen-bond acceptors (Lipinski definition) is 4. The second kappa shape index (κ2) is 9.27. The van der Waals surface area contributed by atoms with Crippen molar-refractivity contribution in [1.29, 1.82) is 0 Å². The molecule has 1 aliphatic rings. The van der Waals surface area contributed by atoms with Gasteiger partial charge in [0.15, 0.2) is 5.69 Å². The molecule has 0 atom stereocenters. The second-order valence-corrected chi connectivity index (χ2v) is 8.81. The molecule has 0 aliphatic carbocycles. The second-order valence-electron chi connectivity index (χ2n) is 8.38. The Morgan fingerprint density at radius 1 is 1.03 bits per heavy atom. The molecule has 0 saturated heterocycles. The summed E-state index contributed by atoms with van der Waals surface area (Å²) in [5.74, 6) is -0.528. The standard InChI is InChI=1S/C27H22ClN3O4/c1-30-25-21-13-20(28)11-12-23(21)35-16-22(25)24(29-30)26(32)31(14-17-5-3-2-4-6-17)15-18-7-9-19(10-8-18)27(33)34/h2-13H,14-16H2,1H3,(H,33,34).